The van der Waals surface area contributed by atoms with Gasteiger partial charge in [0, 0.05) is 43.2 Å². The van der Waals surface area contributed by atoms with Gasteiger partial charge >= 0.3 is 0 Å². The summed E-state index contributed by atoms with van der Waals surface area (Å²) in [5.74, 6) is 0.178. The minimum Gasteiger partial charge on any atom is -0.341 e. The first kappa shape index (κ1) is 20.2. The van der Waals surface area contributed by atoms with Crippen LogP contribution in [0.5, 0.6) is 0 Å². The molecule has 1 saturated heterocycles. The van der Waals surface area contributed by atoms with Gasteiger partial charge in [0.05, 0.1) is 0 Å². The van der Waals surface area contributed by atoms with Crippen molar-refractivity contribution < 1.29 is 9.59 Å². The molecule has 0 radical (unpaired) electrons. The molecule has 1 aliphatic carbocycles. The Morgan fingerprint density at radius 2 is 1.70 bits per heavy atom. The highest BCUT2D eigenvalue weighted by Gasteiger charge is 2.35. The van der Waals surface area contributed by atoms with E-state index in [1.54, 1.807) is 24.3 Å². The molecular weight excluding hydrogens is 362 g/mol. The molecule has 1 aliphatic heterocycles. The van der Waals surface area contributed by atoms with Crippen molar-refractivity contribution in [1.29, 1.82) is 0 Å². The monoisotopic (exact) mass is 391 g/mol. The molecule has 1 heterocycles. The molecule has 1 aromatic carbocycles. The van der Waals surface area contributed by atoms with Crippen LogP contribution in [-0.4, -0.2) is 54.3 Å². The molecule has 148 valence electrons. The maximum atomic E-state index is 12.9. The van der Waals surface area contributed by atoms with Gasteiger partial charge in [-0.05, 0) is 49.4 Å². The van der Waals surface area contributed by atoms with Gasteiger partial charge in [0.15, 0.2) is 0 Å². The van der Waals surface area contributed by atoms with Gasteiger partial charge in [0.1, 0.15) is 0 Å². The quantitative estimate of drug-likeness (QED) is 0.856. The van der Waals surface area contributed by atoms with Gasteiger partial charge in [-0.25, -0.2) is 0 Å². The predicted molar refractivity (Wildman–Crippen MR) is 108 cm³/mol. The average molecular weight is 392 g/mol. The molecule has 1 aromatic rings. The lowest BCUT2D eigenvalue weighted by Crippen LogP contribution is -2.42. The van der Waals surface area contributed by atoms with Crippen LogP contribution >= 0.6 is 11.6 Å². The molecule has 0 atom stereocenters. The van der Waals surface area contributed by atoms with E-state index >= 15 is 0 Å². The van der Waals surface area contributed by atoms with Crippen molar-refractivity contribution in [2.45, 2.75) is 44.9 Å². The fourth-order valence-electron chi connectivity index (χ4n) is 4.36. The lowest BCUT2D eigenvalue weighted by Gasteiger charge is -2.37. The summed E-state index contributed by atoms with van der Waals surface area (Å²) in [6.07, 6.45) is 7.06. The highest BCUT2D eigenvalue weighted by atomic mass is 35.5. The molecule has 2 amide bonds. The van der Waals surface area contributed by atoms with E-state index in [1.165, 1.54) is 19.3 Å². The van der Waals surface area contributed by atoms with E-state index in [0.717, 1.165) is 19.3 Å². The van der Waals surface area contributed by atoms with E-state index in [2.05, 4.69) is 0 Å². The smallest absolute Gasteiger partial charge is 0.253 e. The van der Waals surface area contributed by atoms with Crippen molar-refractivity contribution in [3.8, 4) is 0 Å². The zero-order valence-electron chi connectivity index (χ0n) is 16.0. The second-order valence-electron chi connectivity index (χ2n) is 7.98. The number of rotatable bonds is 4. The Morgan fingerprint density at radius 1 is 1.00 bits per heavy atom. The van der Waals surface area contributed by atoms with Crippen LogP contribution in [-0.2, 0) is 4.79 Å². The average Bonchev–Trinajstić information content (AvgIpc) is 2.94. The number of benzene rings is 1. The van der Waals surface area contributed by atoms with Crippen molar-refractivity contribution in [2.75, 3.05) is 32.7 Å². The summed E-state index contributed by atoms with van der Waals surface area (Å²) in [6, 6.07) is 7.04. The Balaban J connectivity index is 1.59. The van der Waals surface area contributed by atoms with Crippen molar-refractivity contribution in [3.63, 3.8) is 0 Å². The molecule has 6 heteroatoms. The third-order valence-electron chi connectivity index (χ3n) is 6.08. The van der Waals surface area contributed by atoms with Crippen LogP contribution in [0, 0.1) is 5.41 Å². The van der Waals surface area contributed by atoms with Gasteiger partial charge in [-0.3, -0.25) is 9.59 Å². The molecule has 2 aliphatic rings. The summed E-state index contributed by atoms with van der Waals surface area (Å²) in [5, 5.41) is 0.562. The maximum Gasteiger partial charge on any atom is 0.253 e. The number of hydrogen-bond acceptors (Lipinski definition) is 3. The number of amides is 2. The van der Waals surface area contributed by atoms with Crippen LogP contribution in [0.2, 0.25) is 5.02 Å². The summed E-state index contributed by atoms with van der Waals surface area (Å²) in [5.41, 5.74) is 6.64. The van der Waals surface area contributed by atoms with Gasteiger partial charge in [-0.2, -0.15) is 0 Å². The number of carbonyl (C=O) groups is 2. The predicted octanol–water partition coefficient (Wildman–Crippen LogP) is 3.31. The first-order valence-corrected chi connectivity index (χ1v) is 10.4. The summed E-state index contributed by atoms with van der Waals surface area (Å²) in [4.78, 5) is 29.4. The summed E-state index contributed by atoms with van der Waals surface area (Å²) < 4.78 is 0. The normalized spacial score (nSPS) is 20.2. The number of nitrogens with zero attached hydrogens (tertiary/aromatic N) is 2. The Kier molecular flexibility index (Phi) is 6.77. The SMILES string of the molecule is NCC1(CC(=O)N2CCCN(C(=O)c3cccc(Cl)c3)CC2)CCCCC1. The third kappa shape index (κ3) is 5.02. The first-order chi connectivity index (χ1) is 13.0. The molecule has 0 spiro atoms. The minimum absolute atomic E-state index is 0.0159. The van der Waals surface area contributed by atoms with E-state index in [9.17, 15) is 9.59 Å². The summed E-state index contributed by atoms with van der Waals surface area (Å²) in [6.45, 7) is 3.11. The number of hydrogen-bond donors (Lipinski definition) is 1. The number of nitrogens with two attached hydrogens (primary N) is 1. The summed E-state index contributed by atoms with van der Waals surface area (Å²) >= 11 is 6.01. The fourth-order valence-corrected chi connectivity index (χ4v) is 4.55. The van der Waals surface area contributed by atoms with Gasteiger partial charge in [0.2, 0.25) is 5.91 Å². The van der Waals surface area contributed by atoms with Crippen molar-refractivity contribution in [3.05, 3.63) is 34.9 Å². The van der Waals surface area contributed by atoms with Crippen LogP contribution < -0.4 is 5.73 Å². The molecule has 0 unspecified atom stereocenters. The maximum absolute atomic E-state index is 12.9. The standard InChI is InChI=1S/C21H30ClN3O2/c22-18-7-4-6-17(14-18)20(27)25-11-5-10-24(12-13-25)19(26)15-21(16-23)8-2-1-3-9-21/h4,6-7,14H,1-3,5,8-13,15-16,23H2. The van der Waals surface area contributed by atoms with Crippen LogP contribution in [0.3, 0.4) is 0 Å². The van der Waals surface area contributed by atoms with Gasteiger partial charge in [0.25, 0.3) is 5.91 Å². The Hall–Kier alpha value is -1.59. The van der Waals surface area contributed by atoms with Crippen molar-refractivity contribution in [1.82, 2.24) is 9.80 Å². The number of carbonyl (C=O) groups excluding carboxylic acids is 2. The minimum atomic E-state index is -0.0162. The van der Waals surface area contributed by atoms with Crippen LogP contribution in [0.25, 0.3) is 0 Å². The number of halogens is 1. The van der Waals surface area contributed by atoms with E-state index in [1.807, 2.05) is 9.80 Å². The van der Waals surface area contributed by atoms with Crippen molar-refractivity contribution in [2.24, 2.45) is 11.1 Å². The zero-order chi connectivity index (χ0) is 19.3. The van der Waals surface area contributed by atoms with Gasteiger partial charge < -0.3 is 15.5 Å². The molecule has 2 N–H and O–H groups in total. The molecule has 5 nitrogen and oxygen atoms in total. The van der Waals surface area contributed by atoms with Crippen LogP contribution in [0.4, 0.5) is 0 Å². The first-order valence-electron chi connectivity index (χ1n) is 10.1. The lowest BCUT2D eigenvalue weighted by atomic mass is 9.71. The fraction of sp³-hybridized carbons (Fsp3) is 0.619. The van der Waals surface area contributed by atoms with E-state index in [-0.39, 0.29) is 17.2 Å². The molecule has 0 bridgehead atoms. The van der Waals surface area contributed by atoms with Crippen LogP contribution in [0.1, 0.15) is 55.3 Å². The highest BCUT2D eigenvalue weighted by molar-refractivity contribution is 6.30. The van der Waals surface area contributed by atoms with Gasteiger partial charge in [-0.1, -0.05) is 36.9 Å². The Bertz CT molecular complexity index is 673. The molecular formula is C21H30ClN3O2. The van der Waals surface area contributed by atoms with E-state index in [4.69, 9.17) is 17.3 Å². The highest BCUT2D eigenvalue weighted by Crippen LogP contribution is 2.38. The lowest BCUT2D eigenvalue weighted by molar-refractivity contribution is -0.134. The van der Waals surface area contributed by atoms with E-state index < -0.39 is 0 Å². The molecule has 27 heavy (non-hydrogen) atoms. The molecule has 2 fully saturated rings. The Morgan fingerprint density at radius 3 is 2.41 bits per heavy atom. The second kappa shape index (κ2) is 9.07. The van der Waals surface area contributed by atoms with E-state index in [0.29, 0.717) is 49.7 Å². The topological polar surface area (TPSA) is 66.6 Å². The molecule has 3 rings (SSSR count). The second-order valence-corrected chi connectivity index (χ2v) is 8.41. The van der Waals surface area contributed by atoms with Gasteiger partial charge in [-0.15, -0.1) is 0 Å². The third-order valence-corrected chi connectivity index (χ3v) is 6.32. The van der Waals surface area contributed by atoms with Crippen molar-refractivity contribution >= 4 is 23.4 Å². The molecule has 1 saturated carbocycles. The largest absolute Gasteiger partial charge is 0.341 e. The van der Waals surface area contributed by atoms with Crippen LogP contribution in [0.15, 0.2) is 24.3 Å². The summed E-state index contributed by atoms with van der Waals surface area (Å²) in [7, 11) is 0. The molecule has 0 aromatic heterocycles. The zero-order valence-corrected chi connectivity index (χ0v) is 16.7. The Labute approximate surface area is 166 Å².